The summed E-state index contributed by atoms with van der Waals surface area (Å²) in [5.41, 5.74) is -0.200. The van der Waals surface area contributed by atoms with Crippen LogP contribution in [0.15, 0.2) is 0 Å². The van der Waals surface area contributed by atoms with Crippen LogP contribution in [-0.2, 0) is 9.47 Å². The van der Waals surface area contributed by atoms with Crippen molar-refractivity contribution in [2.24, 2.45) is 35.5 Å². The fraction of sp³-hybridized carbons (Fsp3) is 1.00. The summed E-state index contributed by atoms with van der Waals surface area (Å²) in [7, 11) is 2.19. The summed E-state index contributed by atoms with van der Waals surface area (Å²) in [6.07, 6.45) is 0.213. The van der Waals surface area contributed by atoms with E-state index in [1.807, 2.05) is 0 Å². The molecule has 0 spiro atoms. The van der Waals surface area contributed by atoms with E-state index in [2.05, 4.69) is 81.2 Å². The Morgan fingerprint density at radius 3 is 1.12 bits per heavy atom. The Balaban J connectivity index is 0.00000312. The van der Waals surface area contributed by atoms with Crippen molar-refractivity contribution in [3.05, 3.63) is 0 Å². The molecule has 3 nitrogen and oxygen atoms in total. The van der Waals surface area contributed by atoms with Gasteiger partial charge in [-0.25, -0.2) is 0 Å². The predicted octanol–water partition coefficient (Wildman–Crippen LogP) is 6.28. The second kappa shape index (κ2) is 8.49. The Morgan fingerprint density at radius 2 is 0.846 bits per heavy atom. The minimum absolute atomic E-state index is 0. The first-order valence-corrected chi connectivity index (χ1v) is 9.88. The van der Waals surface area contributed by atoms with Crippen molar-refractivity contribution in [2.45, 2.75) is 108 Å². The Labute approximate surface area is 165 Å². The summed E-state index contributed by atoms with van der Waals surface area (Å²) < 4.78 is 13.2. The standard InChI is InChI=1S/C21H41NO2.2CH4/c1-12-14(3)18(23-20(7,8)16(12)5)22(11)19-15(4)13(2)17(6)21(9,10)24-19;;/h12-19H,1-11H3;2*1H4. The lowest BCUT2D eigenvalue weighted by molar-refractivity contribution is -0.297. The Hall–Kier alpha value is -0.120. The highest BCUT2D eigenvalue weighted by Gasteiger charge is 2.50. The molecule has 0 saturated carbocycles. The number of hydrogen-bond acceptors (Lipinski definition) is 3. The van der Waals surface area contributed by atoms with E-state index < -0.39 is 0 Å². The van der Waals surface area contributed by atoms with Gasteiger partial charge in [-0.05, 0) is 70.3 Å². The Bertz CT molecular complexity index is 407. The highest BCUT2D eigenvalue weighted by atomic mass is 16.6. The van der Waals surface area contributed by atoms with E-state index in [1.54, 1.807) is 0 Å². The highest BCUT2D eigenvalue weighted by Crippen LogP contribution is 2.46. The SMILES string of the molecule is C.C.CC1C(C)C(C)C(C)(C)OC1N(C)C1OC(C)(C)C(C)C(C)C1C. The first kappa shape index (κ1) is 25.9. The zero-order chi connectivity index (χ0) is 18.6. The molecule has 2 rings (SSSR count). The third kappa shape index (κ3) is 4.31. The first-order chi connectivity index (χ1) is 10.8. The molecule has 8 atom stereocenters. The molecule has 0 aromatic rings. The minimum Gasteiger partial charge on any atom is -0.357 e. The summed E-state index contributed by atoms with van der Waals surface area (Å²) in [6.45, 7) is 23.0. The van der Waals surface area contributed by atoms with Crippen molar-refractivity contribution >= 4 is 0 Å². The van der Waals surface area contributed by atoms with Crippen molar-refractivity contribution in [1.82, 2.24) is 4.90 Å². The van der Waals surface area contributed by atoms with Crippen molar-refractivity contribution in [1.29, 1.82) is 0 Å². The van der Waals surface area contributed by atoms with Crippen LogP contribution in [0.25, 0.3) is 0 Å². The van der Waals surface area contributed by atoms with Crippen molar-refractivity contribution in [3.63, 3.8) is 0 Å². The van der Waals surface area contributed by atoms with Gasteiger partial charge < -0.3 is 9.47 Å². The third-order valence-corrected chi connectivity index (χ3v) is 7.98. The lowest BCUT2D eigenvalue weighted by Crippen LogP contribution is -2.62. The molecule has 2 fully saturated rings. The molecular formula is C23H49NO2. The summed E-state index contributed by atoms with van der Waals surface area (Å²) >= 11 is 0. The highest BCUT2D eigenvalue weighted by molar-refractivity contribution is 4.95. The number of ether oxygens (including phenoxy) is 2. The van der Waals surface area contributed by atoms with Crippen LogP contribution in [0, 0.1) is 35.5 Å². The maximum absolute atomic E-state index is 6.61. The molecule has 0 aromatic heterocycles. The number of nitrogens with zero attached hydrogens (tertiary/aromatic N) is 1. The Kier molecular flexibility index (Phi) is 8.45. The maximum Gasteiger partial charge on any atom is 0.115 e. The van der Waals surface area contributed by atoms with E-state index >= 15 is 0 Å². The maximum atomic E-state index is 6.61. The Morgan fingerprint density at radius 1 is 0.577 bits per heavy atom. The molecule has 0 amide bonds. The monoisotopic (exact) mass is 371 g/mol. The number of hydrogen-bond donors (Lipinski definition) is 0. The van der Waals surface area contributed by atoms with E-state index in [4.69, 9.17) is 9.47 Å². The van der Waals surface area contributed by atoms with E-state index in [9.17, 15) is 0 Å². The van der Waals surface area contributed by atoms with Gasteiger partial charge >= 0.3 is 0 Å². The number of rotatable bonds is 2. The van der Waals surface area contributed by atoms with Gasteiger partial charge in [-0.3, -0.25) is 4.90 Å². The van der Waals surface area contributed by atoms with Crippen molar-refractivity contribution < 1.29 is 9.47 Å². The van der Waals surface area contributed by atoms with Crippen LogP contribution in [0.5, 0.6) is 0 Å². The zero-order valence-corrected chi connectivity index (χ0v) is 17.9. The first-order valence-electron chi connectivity index (χ1n) is 9.88. The molecule has 8 unspecified atom stereocenters. The molecule has 2 aliphatic heterocycles. The van der Waals surface area contributed by atoms with Gasteiger partial charge in [0.25, 0.3) is 0 Å². The van der Waals surface area contributed by atoms with Crippen molar-refractivity contribution in [3.8, 4) is 0 Å². The van der Waals surface area contributed by atoms with Crippen LogP contribution in [0.4, 0.5) is 0 Å². The fourth-order valence-electron chi connectivity index (χ4n) is 4.80. The topological polar surface area (TPSA) is 21.7 Å². The molecule has 0 N–H and O–H groups in total. The van der Waals surface area contributed by atoms with E-state index in [1.165, 1.54) is 0 Å². The fourth-order valence-corrected chi connectivity index (χ4v) is 4.80. The average molecular weight is 372 g/mol. The van der Waals surface area contributed by atoms with Gasteiger partial charge in [0.15, 0.2) is 0 Å². The summed E-state index contributed by atoms with van der Waals surface area (Å²) in [5, 5.41) is 0. The molecule has 0 radical (unpaired) electrons. The van der Waals surface area contributed by atoms with Crippen LogP contribution >= 0.6 is 0 Å². The lowest BCUT2D eigenvalue weighted by Gasteiger charge is -2.56. The second-order valence-corrected chi connectivity index (χ2v) is 9.90. The molecular weight excluding hydrogens is 322 g/mol. The predicted molar refractivity (Wildman–Crippen MR) is 114 cm³/mol. The molecule has 3 heteroatoms. The molecule has 26 heavy (non-hydrogen) atoms. The summed E-state index contributed by atoms with van der Waals surface area (Å²) in [4.78, 5) is 2.38. The van der Waals surface area contributed by atoms with Crippen LogP contribution in [-0.4, -0.2) is 35.6 Å². The normalized spacial score (nSPS) is 44.8. The summed E-state index contributed by atoms with van der Waals surface area (Å²) in [5.74, 6) is 3.35. The average Bonchev–Trinajstić information content (AvgIpc) is 2.50. The van der Waals surface area contributed by atoms with Gasteiger partial charge in [-0.1, -0.05) is 56.4 Å². The zero-order valence-electron chi connectivity index (χ0n) is 17.9. The van der Waals surface area contributed by atoms with Crippen LogP contribution in [0.1, 0.15) is 84.1 Å². The molecule has 2 saturated heterocycles. The molecule has 0 aliphatic carbocycles. The van der Waals surface area contributed by atoms with Gasteiger partial charge in [-0.15, -0.1) is 0 Å². The van der Waals surface area contributed by atoms with E-state index in [-0.39, 0.29) is 38.5 Å². The van der Waals surface area contributed by atoms with Crippen LogP contribution in [0.2, 0.25) is 0 Å². The largest absolute Gasteiger partial charge is 0.357 e. The minimum atomic E-state index is -0.100. The van der Waals surface area contributed by atoms with E-state index in [0.717, 1.165) is 0 Å². The van der Waals surface area contributed by atoms with Gasteiger partial charge in [0.1, 0.15) is 12.5 Å². The van der Waals surface area contributed by atoms with Crippen LogP contribution < -0.4 is 0 Å². The third-order valence-electron chi connectivity index (χ3n) is 7.98. The van der Waals surface area contributed by atoms with Gasteiger partial charge in [0.2, 0.25) is 0 Å². The second-order valence-electron chi connectivity index (χ2n) is 9.90. The van der Waals surface area contributed by atoms with Crippen molar-refractivity contribution in [2.75, 3.05) is 7.05 Å². The molecule has 0 bridgehead atoms. The van der Waals surface area contributed by atoms with Crippen LogP contribution in [0.3, 0.4) is 0 Å². The molecule has 2 aliphatic rings. The molecule has 158 valence electrons. The van der Waals surface area contributed by atoms with Gasteiger partial charge in [-0.2, -0.15) is 0 Å². The lowest BCUT2D eigenvalue weighted by atomic mass is 9.71. The van der Waals surface area contributed by atoms with E-state index in [0.29, 0.717) is 35.5 Å². The van der Waals surface area contributed by atoms with Gasteiger partial charge in [0.05, 0.1) is 11.2 Å². The summed E-state index contributed by atoms with van der Waals surface area (Å²) in [6, 6.07) is 0. The quantitative estimate of drug-likeness (QED) is 0.570. The smallest absolute Gasteiger partial charge is 0.115 e. The van der Waals surface area contributed by atoms with Gasteiger partial charge in [0, 0.05) is 0 Å². The molecule has 2 heterocycles. The molecule has 0 aromatic carbocycles.